The molecule has 1 aliphatic rings. The number of hydrogen-bond donors (Lipinski definition) is 2. The van der Waals surface area contributed by atoms with Crippen molar-refractivity contribution < 1.29 is 9.59 Å². The van der Waals surface area contributed by atoms with E-state index in [1.54, 1.807) is 26.0 Å². The zero-order valence-corrected chi connectivity index (χ0v) is 19.2. The van der Waals surface area contributed by atoms with E-state index in [1.807, 2.05) is 41.3 Å². The molecular weight excluding hydrogens is 402 g/mol. The zero-order valence-electron chi connectivity index (χ0n) is 19.2. The molecule has 0 radical (unpaired) electrons. The predicted molar refractivity (Wildman–Crippen MR) is 127 cm³/mol. The first-order valence-electron chi connectivity index (χ1n) is 11.1. The van der Waals surface area contributed by atoms with Gasteiger partial charge in [0.05, 0.1) is 0 Å². The molecule has 1 heterocycles. The van der Waals surface area contributed by atoms with Crippen molar-refractivity contribution in [3.63, 3.8) is 0 Å². The topological polar surface area (TPSA) is 77.0 Å². The number of fused-ring (bicyclic) bond motifs is 1. The lowest BCUT2D eigenvalue weighted by Gasteiger charge is -2.16. The summed E-state index contributed by atoms with van der Waals surface area (Å²) in [5.41, 5.74) is 4.29. The standard InChI is InChI=1S/C25H33N5O2/c1-26-25(28-15-13-19-8-6-11-20(16-19)24(32)29(2)3)27-14-7-12-23(31)30-17-21-9-4-5-10-22(21)18-30/h4-6,8-11,16H,7,12-15,17-18H2,1-3H3,(H2,26,27,28). The molecule has 2 N–H and O–H groups in total. The number of carbonyl (C=O) groups excluding carboxylic acids is 2. The Morgan fingerprint density at radius 3 is 2.34 bits per heavy atom. The van der Waals surface area contributed by atoms with Crippen molar-refractivity contribution in [1.29, 1.82) is 0 Å². The Bertz CT molecular complexity index is 945. The monoisotopic (exact) mass is 435 g/mol. The van der Waals surface area contributed by atoms with E-state index in [-0.39, 0.29) is 11.8 Å². The van der Waals surface area contributed by atoms with E-state index in [0.717, 1.165) is 18.4 Å². The largest absolute Gasteiger partial charge is 0.356 e. The molecule has 170 valence electrons. The zero-order chi connectivity index (χ0) is 22.9. The van der Waals surface area contributed by atoms with Crippen LogP contribution in [-0.4, -0.2) is 61.8 Å². The van der Waals surface area contributed by atoms with Crippen LogP contribution in [0.15, 0.2) is 53.5 Å². The maximum absolute atomic E-state index is 12.5. The minimum absolute atomic E-state index is 0.00430. The fourth-order valence-electron chi connectivity index (χ4n) is 3.78. The summed E-state index contributed by atoms with van der Waals surface area (Å²) in [5.74, 6) is 0.911. The van der Waals surface area contributed by atoms with Crippen molar-refractivity contribution in [1.82, 2.24) is 20.4 Å². The second-order valence-corrected chi connectivity index (χ2v) is 8.20. The van der Waals surface area contributed by atoms with Gasteiger partial charge in [-0.05, 0) is 41.7 Å². The lowest BCUT2D eigenvalue weighted by atomic mass is 10.1. The number of nitrogens with one attached hydrogen (secondary N) is 2. The Morgan fingerprint density at radius 2 is 1.69 bits per heavy atom. The van der Waals surface area contributed by atoms with Crippen molar-refractivity contribution in [3.8, 4) is 0 Å². The number of rotatable bonds is 8. The van der Waals surface area contributed by atoms with E-state index in [9.17, 15) is 9.59 Å². The maximum Gasteiger partial charge on any atom is 0.253 e. The van der Waals surface area contributed by atoms with E-state index in [2.05, 4.69) is 27.8 Å². The van der Waals surface area contributed by atoms with Crippen LogP contribution in [0.1, 0.15) is 39.9 Å². The Kier molecular flexibility index (Phi) is 8.25. The first-order valence-corrected chi connectivity index (χ1v) is 11.1. The first kappa shape index (κ1) is 23.3. The Hall–Kier alpha value is -3.35. The molecule has 2 amide bonds. The molecule has 1 aliphatic heterocycles. The summed E-state index contributed by atoms with van der Waals surface area (Å²) in [6, 6.07) is 15.9. The third kappa shape index (κ3) is 6.33. The van der Waals surface area contributed by atoms with Crippen molar-refractivity contribution in [3.05, 3.63) is 70.8 Å². The van der Waals surface area contributed by atoms with Gasteiger partial charge in [-0.1, -0.05) is 36.4 Å². The quantitative estimate of drug-likeness (QED) is 0.379. The fourth-order valence-corrected chi connectivity index (χ4v) is 3.78. The van der Waals surface area contributed by atoms with Gasteiger partial charge in [0, 0.05) is 59.3 Å². The average molecular weight is 436 g/mol. The van der Waals surface area contributed by atoms with E-state index >= 15 is 0 Å². The number of nitrogens with zero attached hydrogens (tertiary/aromatic N) is 3. The normalized spacial score (nSPS) is 13.0. The number of guanidine groups is 1. The first-order chi connectivity index (χ1) is 15.5. The summed E-state index contributed by atoms with van der Waals surface area (Å²) >= 11 is 0. The second kappa shape index (κ2) is 11.3. The molecule has 0 aliphatic carbocycles. The van der Waals surface area contributed by atoms with Gasteiger partial charge < -0.3 is 20.4 Å². The van der Waals surface area contributed by atoms with Gasteiger partial charge in [0.25, 0.3) is 5.91 Å². The molecule has 0 fully saturated rings. The van der Waals surface area contributed by atoms with Crippen molar-refractivity contribution in [2.75, 3.05) is 34.2 Å². The van der Waals surface area contributed by atoms with E-state index < -0.39 is 0 Å². The summed E-state index contributed by atoms with van der Waals surface area (Å²) in [6.07, 6.45) is 2.05. The molecule has 2 aromatic rings. The Morgan fingerprint density at radius 1 is 1.00 bits per heavy atom. The number of benzene rings is 2. The molecule has 7 heteroatoms. The Balaban J connectivity index is 1.35. The third-order valence-corrected chi connectivity index (χ3v) is 5.56. The van der Waals surface area contributed by atoms with Gasteiger partial charge in [0.1, 0.15) is 0 Å². The van der Waals surface area contributed by atoms with Crippen molar-refractivity contribution >= 4 is 17.8 Å². The van der Waals surface area contributed by atoms with Crippen LogP contribution in [-0.2, 0) is 24.3 Å². The molecule has 32 heavy (non-hydrogen) atoms. The van der Waals surface area contributed by atoms with Crippen LogP contribution < -0.4 is 10.6 Å². The van der Waals surface area contributed by atoms with E-state index in [4.69, 9.17) is 0 Å². The van der Waals surface area contributed by atoms with E-state index in [0.29, 0.717) is 44.1 Å². The number of amides is 2. The molecule has 7 nitrogen and oxygen atoms in total. The van der Waals surface area contributed by atoms with Crippen LogP contribution in [0.4, 0.5) is 0 Å². The van der Waals surface area contributed by atoms with Gasteiger partial charge in [-0.3, -0.25) is 14.6 Å². The smallest absolute Gasteiger partial charge is 0.253 e. The molecule has 3 rings (SSSR count). The highest BCUT2D eigenvalue weighted by atomic mass is 16.2. The molecule has 0 bridgehead atoms. The van der Waals surface area contributed by atoms with Crippen LogP contribution in [0.25, 0.3) is 0 Å². The fraction of sp³-hybridized carbons (Fsp3) is 0.400. The highest BCUT2D eigenvalue weighted by Crippen LogP contribution is 2.22. The summed E-state index contributed by atoms with van der Waals surface area (Å²) in [7, 11) is 5.24. The van der Waals surface area contributed by atoms with Gasteiger partial charge in [-0.2, -0.15) is 0 Å². The van der Waals surface area contributed by atoms with Crippen molar-refractivity contribution in [2.24, 2.45) is 4.99 Å². The highest BCUT2D eigenvalue weighted by Gasteiger charge is 2.22. The Labute approximate surface area is 190 Å². The van der Waals surface area contributed by atoms with Crippen molar-refractivity contribution in [2.45, 2.75) is 32.4 Å². The molecule has 0 unspecified atom stereocenters. The molecule has 0 saturated carbocycles. The highest BCUT2D eigenvalue weighted by molar-refractivity contribution is 5.94. The summed E-state index contributed by atoms with van der Waals surface area (Å²) in [5, 5.41) is 6.56. The van der Waals surface area contributed by atoms with Crippen LogP contribution >= 0.6 is 0 Å². The average Bonchev–Trinajstić information content (AvgIpc) is 3.24. The number of hydrogen-bond acceptors (Lipinski definition) is 3. The van der Waals surface area contributed by atoms with Crippen LogP contribution in [0.3, 0.4) is 0 Å². The molecule has 0 spiro atoms. The van der Waals surface area contributed by atoms with E-state index in [1.165, 1.54) is 11.1 Å². The van der Waals surface area contributed by atoms with Crippen LogP contribution in [0.5, 0.6) is 0 Å². The molecule has 2 aromatic carbocycles. The molecule has 0 saturated heterocycles. The van der Waals surface area contributed by atoms with Gasteiger partial charge in [-0.15, -0.1) is 0 Å². The van der Waals surface area contributed by atoms with Gasteiger partial charge >= 0.3 is 0 Å². The second-order valence-electron chi connectivity index (χ2n) is 8.20. The van der Waals surface area contributed by atoms with Crippen LogP contribution in [0.2, 0.25) is 0 Å². The third-order valence-electron chi connectivity index (χ3n) is 5.56. The lowest BCUT2D eigenvalue weighted by molar-refractivity contribution is -0.131. The van der Waals surface area contributed by atoms with Gasteiger partial charge in [-0.25, -0.2) is 0 Å². The predicted octanol–water partition coefficient (Wildman–Crippen LogP) is 2.42. The maximum atomic E-state index is 12.5. The summed E-state index contributed by atoms with van der Waals surface area (Å²) in [6.45, 7) is 2.81. The summed E-state index contributed by atoms with van der Waals surface area (Å²) in [4.78, 5) is 32.4. The number of aliphatic imine (C=N–C) groups is 1. The summed E-state index contributed by atoms with van der Waals surface area (Å²) < 4.78 is 0. The lowest BCUT2D eigenvalue weighted by Crippen LogP contribution is -2.39. The SMILES string of the molecule is CN=C(NCCCC(=O)N1Cc2ccccc2C1)NCCc1cccc(C(=O)N(C)C)c1. The minimum atomic E-state index is 0.00430. The minimum Gasteiger partial charge on any atom is -0.356 e. The molecular formula is C25H33N5O2. The molecule has 0 aromatic heterocycles. The van der Waals surface area contributed by atoms with Gasteiger partial charge in [0.2, 0.25) is 5.91 Å². The molecule has 0 atom stereocenters. The van der Waals surface area contributed by atoms with Gasteiger partial charge in [0.15, 0.2) is 5.96 Å². The number of carbonyl (C=O) groups is 2. The van der Waals surface area contributed by atoms with Crippen LogP contribution in [0, 0.1) is 0 Å².